The van der Waals surface area contributed by atoms with Crippen LogP contribution in [-0.4, -0.2) is 46.1 Å². The molecule has 1 aromatic carbocycles. The van der Waals surface area contributed by atoms with Gasteiger partial charge in [0.1, 0.15) is 11.6 Å². The molecule has 25 heavy (non-hydrogen) atoms. The number of aromatic nitrogens is 1. The maximum atomic E-state index is 12.0. The predicted octanol–water partition coefficient (Wildman–Crippen LogP) is 2.24. The van der Waals surface area contributed by atoms with Crippen LogP contribution in [0.2, 0.25) is 0 Å². The van der Waals surface area contributed by atoms with E-state index in [9.17, 15) is 9.90 Å². The van der Waals surface area contributed by atoms with Crippen LogP contribution in [-0.2, 0) is 4.79 Å². The van der Waals surface area contributed by atoms with Crippen LogP contribution >= 0.6 is 0 Å². The van der Waals surface area contributed by atoms with Crippen LogP contribution in [0.3, 0.4) is 0 Å². The van der Waals surface area contributed by atoms with Crippen molar-refractivity contribution in [2.45, 2.75) is 50.8 Å². The molecule has 0 radical (unpaired) electrons. The normalized spacial score (nSPS) is 22.0. The van der Waals surface area contributed by atoms with Gasteiger partial charge in [0.05, 0.1) is 6.04 Å². The summed E-state index contributed by atoms with van der Waals surface area (Å²) in [6.07, 6.45) is 2.81. The topological polar surface area (TPSA) is 78.6 Å². The third-order valence-electron chi connectivity index (χ3n) is 5.43. The molecule has 4 rings (SSSR count). The van der Waals surface area contributed by atoms with Crippen LogP contribution in [0, 0.1) is 5.92 Å². The molecule has 2 heterocycles. The summed E-state index contributed by atoms with van der Waals surface area (Å²) in [5, 5.41) is 13.2. The Morgan fingerprint density at radius 2 is 2.00 bits per heavy atom. The molecule has 6 nitrogen and oxygen atoms in total. The molecule has 2 fully saturated rings. The monoisotopic (exact) mass is 343 g/mol. The van der Waals surface area contributed by atoms with Gasteiger partial charge in [0.15, 0.2) is 5.58 Å². The summed E-state index contributed by atoms with van der Waals surface area (Å²) in [6.45, 7) is 3.76. The van der Waals surface area contributed by atoms with Gasteiger partial charge in [0.2, 0.25) is 11.8 Å². The van der Waals surface area contributed by atoms with E-state index >= 15 is 0 Å². The number of benzene rings is 1. The molecule has 1 saturated heterocycles. The van der Waals surface area contributed by atoms with Crippen molar-refractivity contribution in [1.82, 2.24) is 15.2 Å². The molecule has 1 saturated carbocycles. The fourth-order valence-electron chi connectivity index (χ4n) is 3.58. The first-order valence-corrected chi connectivity index (χ1v) is 9.20. The van der Waals surface area contributed by atoms with Gasteiger partial charge in [0.25, 0.3) is 0 Å². The number of nitrogens with one attached hydrogen (secondary N) is 1. The smallest absolute Gasteiger partial charge is 0.249 e. The standard InChI is InChI=1S/C19H25N3O3/c1-12(19-21-15-4-2-3-5-16(15)25-19)22-10-8-13(9-11-22)17(23)18(24)20-14-6-7-14/h2-5,12-14,17,23H,6-11H2,1H3,(H,20,24)/t12-,17+/m1/s1. The third-order valence-corrected chi connectivity index (χ3v) is 5.43. The van der Waals surface area contributed by atoms with Crippen molar-refractivity contribution in [1.29, 1.82) is 0 Å². The molecule has 0 unspecified atom stereocenters. The number of hydrogen-bond donors (Lipinski definition) is 2. The number of rotatable bonds is 5. The summed E-state index contributed by atoms with van der Waals surface area (Å²) in [4.78, 5) is 18.9. The highest BCUT2D eigenvalue weighted by molar-refractivity contribution is 5.81. The summed E-state index contributed by atoms with van der Waals surface area (Å²) < 4.78 is 5.88. The number of fused-ring (bicyclic) bond motifs is 1. The first kappa shape index (κ1) is 16.5. The quantitative estimate of drug-likeness (QED) is 0.870. The molecule has 1 aliphatic heterocycles. The zero-order chi connectivity index (χ0) is 17.4. The second kappa shape index (κ2) is 6.77. The van der Waals surface area contributed by atoms with Gasteiger partial charge in [-0.1, -0.05) is 12.1 Å². The van der Waals surface area contributed by atoms with E-state index in [2.05, 4.69) is 22.1 Å². The molecule has 2 aromatic rings. The first-order valence-electron chi connectivity index (χ1n) is 9.20. The lowest BCUT2D eigenvalue weighted by atomic mass is 9.90. The second-order valence-electron chi connectivity index (χ2n) is 7.30. The average Bonchev–Trinajstić information content (AvgIpc) is 3.35. The average molecular weight is 343 g/mol. The number of carbonyl (C=O) groups is 1. The van der Waals surface area contributed by atoms with Crippen molar-refractivity contribution >= 4 is 17.0 Å². The molecule has 1 amide bonds. The zero-order valence-electron chi connectivity index (χ0n) is 14.5. The number of hydrogen-bond acceptors (Lipinski definition) is 5. The SMILES string of the molecule is C[C@H](c1nc2ccccc2o1)N1CCC([C@H](O)C(=O)NC2CC2)CC1. The Morgan fingerprint density at radius 3 is 2.68 bits per heavy atom. The number of piperidine rings is 1. The van der Waals surface area contributed by atoms with Crippen molar-refractivity contribution in [3.05, 3.63) is 30.2 Å². The molecule has 1 aliphatic carbocycles. The minimum Gasteiger partial charge on any atom is -0.439 e. The fraction of sp³-hybridized carbons (Fsp3) is 0.579. The summed E-state index contributed by atoms with van der Waals surface area (Å²) >= 11 is 0. The number of nitrogens with zero attached hydrogens (tertiary/aromatic N) is 2. The van der Waals surface area contributed by atoms with E-state index in [4.69, 9.17) is 4.42 Å². The molecule has 0 spiro atoms. The second-order valence-corrected chi connectivity index (χ2v) is 7.30. The Balaban J connectivity index is 1.35. The Morgan fingerprint density at radius 1 is 1.28 bits per heavy atom. The molecular formula is C19H25N3O3. The molecular weight excluding hydrogens is 318 g/mol. The zero-order valence-corrected chi connectivity index (χ0v) is 14.5. The van der Waals surface area contributed by atoms with E-state index in [0.717, 1.165) is 55.8 Å². The Hall–Kier alpha value is -1.92. The van der Waals surface area contributed by atoms with Gasteiger partial charge < -0.3 is 14.8 Å². The van der Waals surface area contributed by atoms with Gasteiger partial charge >= 0.3 is 0 Å². The maximum absolute atomic E-state index is 12.0. The highest BCUT2D eigenvalue weighted by Crippen LogP contribution is 2.30. The highest BCUT2D eigenvalue weighted by atomic mass is 16.3. The van der Waals surface area contributed by atoms with Crippen molar-refractivity contribution in [3.63, 3.8) is 0 Å². The Bertz CT molecular complexity index is 714. The van der Waals surface area contributed by atoms with Gasteiger partial charge in [0, 0.05) is 6.04 Å². The molecule has 1 aromatic heterocycles. The van der Waals surface area contributed by atoms with Crippen LogP contribution in [0.5, 0.6) is 0 Å². The van der Waals surface area contributed by atoms with Gasteiger partial charge in [-0.05, 0) is 63.7 Å². The number of aliphatic hydroxyl groups is 1. The molecule has 6 heteroatoms. The Labute approximate surface area is 147 Å². The van der Waals surface area contributed by atoms with Crippen molar-refractivity contribution < 1.29 is 14.3 Å². The van der Waals surface area contributed by atoms with Crippen molar-refractivity contribution in [2.75, 3.05) is 13.1 Å². The summed E-state index contributed by atoms with van der Waals surface area (Å²) in [5.74, 6) is 0.561. The number of aliphatic hydroxyl groups excluding tert-OH is 1. The van der Waals surface area contributed by atoms with E-state index in [1.54, 1.807) is 0 Å². The maximum Gasteiger partial charge on any atom is 0.249 e. The van der Waals surface area contributed by atoms with E-state index in [-0.39, 0.29) is 17.9 Å². The van der Waals surface area contributed by atoms with Crippen LogP contribution in [0.25, 0.3) is 11.1 Å². The van der Waals surface area contributed by atoms with E-state index in [1.807, 2.05) is 24.3 Å². The van der Waals surface area contributed by atoms with Gasteiger partial charge in [-0.25, -0.2) is 4.98 Å². The summed E-state index contributed by atoms with van der Waals surface area (Å²) in [7, 11) is 0. The van der Waals surface area contributed by atoms with E-state index < -0.39 is 6.10 Å². The van der Waals surface area contributed by atoms with Crippen LogP contribution in [0.15, 0.2) is 28.7 Å². The summed E-state index contributed by atoms with van der Waals surface area (Å²) in [5.41, 5.74) is 1.69. The number of para-hydroxylation sites is 2. The van der Waals surface area contributed by atoms with Crippen LogP contribution in [0.1, 0.15) is 44.5 Å². The minimum absolute atomic E-state index is 0.0332. The lowest BCUT2D eigenvalue weighted by Gasteiger charge is -2.36. The lowest BCUT2D eigenvalue weighted by Crippen LogP contribution is -2.45. The number of amides is 1. The Kier molecular flexibility index (Phi) is 4.48. The minimum atomic E-state index is -0.887. The van der Waals surface area contributed by atoms with Gasteiger partial charge in [-0.15, -0.1) is 0 Å². The molecule has 0 bridgehead atoms. The summed E-state index contributed by atoms with van der Waals surface area (Å²) in [6, 6.07) is 8.17. The predicted molar refractivity (Wildman–Crippen MR) is 93.9 cm³/mol. The fourth-order valence-corrected chi connectivity index (χ4v) is 3.58. The van der Waals surface area contributed by atoms with E-state index in [1.165, 1.54) is 0 Å². The van der Waals surface area contributed by atoms with Crippen molar-refractivity contribution in [2.24, 2.45) is 5.92 Å². The number of oxazole rings is 1. The van der Waals surface area contributed by atoms with Gasteiger partial charge in [-0.2, -0.15) is 0 Å². The van der Waals surface area contributed by atoms with Crippen LogP contribution < -0.4 is 5.32 Å². The molecule has 134 valence electrons. The molecule has 2 aliphatic rings. The highest BCUT2D eigenvalue weighted by Gasteiger charge is 2.34. The number of likely N-dealkylation sites (tertiary alicyclic amines) is 1. The number of carbonyl (C=O) groups excluding carboxylic acids is 1. The molecule has 2 N–H and O–H groups in total. The van der Waals surface area contributed by atoms with E-state index in [0.29, 0.717) is 6.04 Å². The largest absolute Gasteiger partial charge is 0.439 e. The third kappa shape index (κ3) is 3.55. The van der Waals surface area contributed by atoms with Gasteiger partial charge in [-0.3, -0.25) is 9.69 Å². The first-order chi connectivity index (χ1) is 12.1. The molecule has 2 atom stereocenters. The van der Waals surface area contributed by atoms with Crippen LogP contribution in [0.4, 0.5) is 0 Å². The van der Waals surface area contributed by atoms with Crippen molar-refractivity contribution in [3.8, 4) is 0 Å². The lowest BCUT2D eigenvalue weighted by molar-refractivity contribution is -0.133.